The maximum atomic E-state index is 12.5. The van der Waals surface area contributed by atoms with Gasteiger partial charge in [-0.15, -0.1) is 0 Å². The monoisotopic (exact) mass is 821 g/mol. The lowest BCUT2D eigenvalue weighted by Gasteiger charge is -2.28. The fourth-order valence-electron chi connectivity index (χ4n) is 8.06. The highest BCUT2D eigenvalue weighted by molar-refractivity contribution is 5.97. The number of hydrogen-bond donors (Lipinski definition) is 1. The van der Waals surface area contributed by atoms with Gasteiger partial charge >= 0.3 is 0 Å². The molecule has 0 saturated heterocycles. The third-order valence-electron chi connectivity index (χ3n) is 11.8. The molecule has 0 spiro atoms. The number of nitrogens with zero attached hydrogens (tertiary/aromatic N) is 3. The van der Waals surface area contributed by atoms with Crippen molar-refractivity contribution in [3.63, 3.8) is 0 Å². The van der Waals surface area contributed by atoms with Crippen LogP contribution in [-0.4, -0.2) is 19.6 Å². The molecule has 2 aromatic heterocycles. The van der Waals surface area contributed by atoms with Gasteiger partial charge in [-0.2, -0.15) is 0 Å². The van der Waals surface area contributed by atoms with Crippen LogP contribution >= 0.6 is 0 Å². The van der Waals surface area contributed by atoms with Gasteiger partial charge in [0.05, 0.1) is 29.1 Å². The first-order valence-corrected chi connectivity index (χ1v) is 21.5. The maximum Gasteiger partial charge on any atom is 0.149 e. The van der Waals surface area contributed by atoms with Crippen molar-refractivity contribution in [1.29, 1.82) is 0 Å². The zero-order chi connectivity index (χ0) is 48.7. The number of phenolic OH excluding ortho intramolecular Hbond substituents is 1. The predicted octanol–water partition coefficient (Wildman–Crippen LogP) is 15.7. The second-order valence-corrected chi connectivity index (χ2v) is 20.7. The molecule has 0 radical (unpaired) electrons. The summed E-state index contributed by atoms with van der Waals surface area (Å²) in [5, 5.41) is 12.5. The first kappa shape index (κ1) is 36.4. The number of aromatic hydroxyl groups is 1. The molecular weight excluding hydrogens is 755 g/mol. The van der Waals surface area contributed by atoms with Crippen molar-refractivity contribution in [1.82, 2.24) is 14.5 Å². The molecule has 6 aromatic carbocycles. The molecule has 0 aliphatic heterocycles. The summed E-state index contributed by atoms with van der Waals surface area (Å²) in [5.41, 5.74) is 12.3. The highest BCUT2D eigenvalue weighted by Crippen LogP contribution is 2.45. The second kappa shape index (κ2) is 15.6. The second-order valence-electron chi connectivity index (χ2n) is 20.7. The van der Waals surface area contributed by atoms with Gasteiger partial charge in [0.1, 0.15) is 11.6 Å². The van der Waals surface area contributed by atoms with Crippen LogP contribution in [0.5, 0.6) is 5.75 Å². The number of aromatic nitrogens is 3. The summed E-state index contributed by atoms with van der Waals surface area (Å²) in [6.07, 6.45) is 1.63. The molecule has 0 aliphatic carbocycles. The van der Waals surface area contributed by atoms with Crippen molar-refractivity contribution in [2.24, 2.45) is 0 Å². The van der Waals surface area contributed by atoms with Crippen LogP contribution in [0.25, 0.3) is 72.7 Å². The summed E-state index contributed by atoms with van der Waals surface area (Å²) in [6, 6.07) is 35.9. The van der Waals surface area contributed by atoms with Gasteiger partial charge in [0.15, 0.2) is 0 Å². The Bertz CT molecular complexity index is 3200. The van der Waals surface area contributed by atoms with Crippen molar-refractivity contribution >= 4 is 11.0 Å². The Morgan fingerprint density at radius 2 is 1.13 bits per heavy atom. The molecule has 0 atom stereocenters. The van der Waals surface area contributed by atoms with Crippen molar-refractivity contribution in [3.05, 3.63) is 168 Å². The number of imidazole rings is 1. The van der Waals surface area contributed by atoms with Crippen molar-refractivity contribution in [2.75, 3.05) is 0 Å². The molecule has 8 aromatic rings. The standard InChI is InChI=1S/C58H61N3O/c1-55(2,3)43-30-41(28-42(31-43)50-33-39(26-27-59-50)37-20-15-13-16-21-37)47-24-19-25-51-52(47)60-54(48-35-45(57(7,8)9)36-49(53(48)62)58(10,11)12)61(51)46-32-40(38-22-17-14-18-23-38)29-44(34-46)56(4,5)6/h13-36,62H,1-12H3/i13D,15D,16D,20D,21D. The summed E-state index contributed by atoms with van der Waals surface area (Å²) >= 11 is 0. The van der Waals surface area contributed by atoms with Gasteiger partial charge in [0.25, 0.3) is 0 Å². The van der Waals surface area contributed by atoms with E-state index in [1.807, 2.05) is 6.07 Å². The van der Waals surface area contributed by atoms with Gasteiger partial charge in [-0.1, -0.05) is 174 Å². The van der Waals surface area contributed by atoms with Gasteiger partial charge in [-0.05, 0) is 115 Å². The summed E-state index contributed by atoms with van der Waals surface area (Å²) in [6.45, 7) is 26.2. The average molecular weight is 821 g/mol. The third-order valence-corrected chi connectivity index (χ3v) is 11.8. The largest absolute Gasteiger partial charge is 0.507 e. The number of fused-ring (bicyclic) bond motifs is 1. The minimum absolute atomic E-state index is 0.129. The quantitative estimate of drug-likeness (QED) is 0.182. The van der Waals surface area contributed by atoms with Gasteiger partial charge in [-0.25, -0.2) is 4.98 Å². The van der Waals surface area contributed by atoms with Gasteiger partial charge in [0, 0.05) is 28.6 Å². The lowest BCUT2D eigenvalue weighted by atomic mass is 9.79. The molecule has 0 saturated carbocycles. The minimum Gasteiger partial charge on any atom is -0.507 e. The van der Waals surface area contributed by atoms with Gasteiger partial charge < -0.3 is 5.11 Å². The van der Waals surface area contributed by atoms with Gasteiger partial charge in [0.2, 0.25) is 0 Å². The van der Waals surface area contributed by atoms with E-state index in [4.69, 9.17) is 16.8 Å². The molecule has 0 aliphatic rings. The Labute approximate surface area is 376 Å². The Morgan fingerprint density at radius 3 is 1.79 bits per heavy atom. The number of pyridine rings is 1. The molecule has 0 amide bonds. The topological polar surface area (TPSA) is 50.9 Å². The highest BCUT2D eigenvalue weighted by Gasteiger charge is 2.29. The maximum absolute atomic E-state index is 12.5. The van der Waals surface area contributed by atoms with Crippen LogP contribution in [0, 0.1) is 0 Å². The van der Waals surface area contributed by atoms with E-state index in [0.29, 0.717) is 22.6 Å². The van der Waals surface area contributed by atoms with Crippen LogP contribution in [0.2, 0.25) is 0 Å². The zero-order valence-corrected chi connectivity index (χ0v) is 38.3. The predicted molar refractivity (Wildman–Crippen MR) is 263 cm³/mol. The molecule has 314 valence electrons. The molecule has 62 heavy (non-hydrogen) atoms. The van der Waals surface area contributed by atoms with E-state index < -0.39 is 6.04 Å². The lowest BCUT2D eigenvalue weighted by Crippen LogP contribution is -2.17. The van der Waals surface area contributed by atoms with E-state index in [1.54, 1.807) is 18.3 Å². The zero-order valence-electron chi connectivity index (χ0n) is 43.3. The fourth-order valence-corrected chi connectivity index (χ4v) is 8.06. The number of rotatable bonds is 6. The summed E-state index contributed by atoms with van der Waals surface area (Å²) in [5.74, 6) is 0.831. The van der Waals surface area contributed by atoms with Crippen LogP contribution in [0.4, 0.5) is 0 Å². The first-order valence-electron chi connectivity index (χ1n) is 24.0. The lowest BCUT2D eigenvalue weighted by molar-refractivity contribution is 0.446. The van der Waals surface area contributed by atoms with Crippen LogP contribution in [-0.2, 0) is 21.7 Å². The number of hydrogen-bond acceptors (Lipinski definition) is 3. The Balaban J connectivity index is 1.45. The van der Waals surface area contributed by atoms with Crippen LogP contribution < -0.4 is 0 Å². The third kappa shape index (κ3) is 8.36. The van der Waals surface area contributed by atoms with Crippen molar-refractivity contribution in [2.45, 2.75) is 105 Å². The van der Waals surface area contributed by atoms with Crippen LogP contribution in [0.1, 0.15) is 112 Å². The molecular formula is C58H61N3O. The van der Waals surface area contributed by atoms with Crippen LogP contribution in [0.15, 0.2) is 146 Å². The molecule has 1 N–H and O–H groups in total. The van der Waals surface area contributed by atoms with E-state index in [-0.39, 0.29) is 57.1 Å². The van der Waals surface area contributed by atoms with Crippen molar-refractivity contribution < 1.29 is 12.0 Å². The SMILES string of the molecule is [2H]c1c([2H])c([2H])c(-c2ccnc(-c3cc(-c4cccc5c4nc(-c4cc(C(C)(C)C)cc(C(C)(C)C)c4O)n5-c4cc(-c5ccccc5)cc(C(C)(C)C)c4)cc(C(C)(C)C)c3)c2)c([2H])c1[2H]. The van der Waals surface area contributed by atoms with E-state index in [2.05, 4.69) is 179 Å². The minimum atomic E-state index is -0.430. The average Bonchev–Trinajstić information content (AvgIpc) is 3.66. The Hall–Kier alpha value is -6.26. The first-order chi connectivity index (χ1) is 31.2. The summed E-state index contributed by atoms with van der Waals surface area (Å²) in [4.78, 5) is 10.4. The fraction of sp³-hybridized carbons (Fsp3) is 0.276. The molecule has 2 heterocycles. The van der Waals surface area contributed by atoms with Crippen LogP contribution in [0.3, 0.4) is 0 Å². The molecule has 8 rings (SSSR count). The highest BCUT2D eigenvalue weighted by atomic mass is 16.3. The van der Waals surface area contributed by atoms with E-state index >= 15 is 0 Å². The molecule has 4 nitrogen and oxygen atoms in total. The van der Waals surface area contributed by atoms with E-state index in [9.17, 15) is 5.11 Å². The molecule has 4 heteroatoms. The Kier molecular flexibility index (Phi) is 9.15. The normalized spacial score (nSPS) is 13.7. The molecule has 0 bridgehead atoms. The number of phenols is 1. The summed E-state index contributed by atoms with van der Waals surface area (Å²) in [7, 11) is 0. The molecule has 0 fully saturated rings. The van der Waals surface area contributed by atoms with Gasteiger partial charge in [-0.3, -0.25) is 9.55 Å². The summed E-state index contributed by atoms with van der Waals surface area (Å²) < 4.78 is 44.5. The molecule has 0 unspecified atom stereocenters. The Morgan fingerprint density at radius 1 is 0.500 bits per heavy atom. The van der Waals surface area contributed by atoms with E-state index in [0.717, 1.165) is 66.8 Å². The van der Waals surface area contributed by atoms with E-state index in [1.165, 1.54) is 0 Å². The smallest absolute Gasteiger partial charge is 0.149 e. The number of benzene rings is 6. The number of para-hydroxylation sites is 1. The van der Waals surface area contributed by atoms with Crippen molar-refractivity contribution in [3.8, 4) is 67.5 Å².